The minimum absolute atomic E-state index is 0.360. The molecule has 1 aliphatic rings. The quantitative estimate of drug-likeness (QED) is 0.832. The first-order chi connectivity index (χ1) is 12.2. The lowest BCUT2D eigenvalue weighted by molar-refractivity contribution is 0.414. The molecule has 0 radical (unpaired) electrons. The highest BCUT2D eigenvalue weighted by Crippen LogP contribution is 2.33. The van der Waals surface area contributed by atoms with Gasteiger partial charge >= 0.3 is 0 Å². The Kier molecular flexibility index (Phi) is 4.85. The first-order valence-corrected chi connectivity index (χ1v) is 8.29. The van der Waals surface area contributed by atoms with Crippen molar-refractivity contribution in [3.63, 3.8) is 0 Å². The van der Waals surface area contributed by atoms with Gasteiger partial charge in [0.25, 0.3) is 0 Å². The van der Waals surface area contributed by atoms with Crippen LogP contribution in [0.25, 0.3) is 5.57 Å². The van der Waals surface area contributed by atoms with E-state index >= 15 is 0 Å². The van der Waals surface area contributed by atoms with Crippen molar-refractivity contribution in [2.24, 2.45) is 0 Å². The van der Waals surface area contributed by atoms with Crippen LogP contribution in [0.15, 0.2) is 48.2 Å². The maximum Gasteiger partial charge on any atom is 0.119 e. The number of methoxy groups -OCH3 is 1. The van der Waals surface area contributed by atoms with Gasteiger partial charge in [0, 0.05) is 29.9 Å². The van der Waals surface area contributed by atoms with Crippen LogP contribution in [0, 0.1) is 23.7 Å². The zero-order chi connectivity index (χ0) is 17.8. The first-order valence-electron chi connectivity index (χ1n) is 8.29. The summed E-state index contributed by atoms with van der Waals surface area (Å²) in [5.74, 6) is 1.23. The van der Waals surface area contributed by atoms with Crippen molar-refractivity contribution in [3.8, 4) is 11.8 Å². The lowest BCUT2D eigenvalue weighted by atomic mass is 9.93. The fourth-order valence-corrected chi connectivity index (χ4v) is 3.34. The van der Waals surface area contributed by atoms with E-state index in [0.29, 0.717) is 11.5 Å². The van der Waals surface area contributed by atoms with Gasteiger partial charge in [0.1, 0.15) is 5.75 Å². The number of nitrogens with zero attached hydrogens (tertiary/aromatic N) is 1. The Morgan fingerprint density at radius 2 is 2.16 bits per heavy atom. The van der Waals surface area contributed by atoms with E-state index in [1.807, 2.05) is 31.2 Å². The molecular formula is C21H21N3O. The standard InChI is InChI=1S/C21H21N3O/c1-14-8-15(11-22)6-7-19(14)20(12-23)21-10-17(13-24-21)16-4-3-5-18(9-16)25-2/h3-9,12,17,23-24H,10,13H2,1-2H3/b21-20+,23-12?. The van der Waals surface area contributed by atoms with Crippen molar-refractivity contribution >= 4 is 11.8 Å². The second-order valence-electron chi connectivity index (χ2n) is 6.24. The van der Waals surface area contributed by atoms with Crippen LogP contribution in [0.5, 0.6) is 5.75 Å². The van der Waals surface area contributed by atoms with E-state index in [4.69, 9.17) is 15.4 Å². The number of nitrogens with one attached hydrogen (secondary N) is 2. The number of hydrogen-bond donors (Lipinski definition) is 2. The summed E-state index contributed by atoms with van der Waals surface area (Å²) in [7, 11) is 1.68. The summed E-state index contributed by atoms with van der Waals surface area (Å²) in [5, 5.41) is 20.4. The number of hydrogen-bond acceptors (Lipinski definition) is 4. The molecule has 25 heavy (non-hydrogen) atoms. The molecule has 4 heteroatoms. The average molecular weight is 331 g/mol. The van der Waals surface area contributed by atoms with Gasteiger partial charge in [-0.1, -0.05) is 18.2 Å². The predicted molar refractivity (Wildman–Crippen MR) is 100.0 cm³/mol. The fourth-order valence-electron chi connectivity index (χ4n) is 3.34. The molecule has 0 aromatic heterocycles. The molecule has 0 spiro atoms. The molecule has 2 aromatic carbocycles. The van der Waals surface area contributed by atoms with Gasteiger partial charge < -0.3 is 15.5 Å². The minimum Gasteiger partial charge on any atom is -0.497 e. The summed E-state index contributed by atoms with van der Waals surface area (Å²) in [6, 6.07) is 15.9. The van der Waals surface area contributed by atoms with Crippen molar-refractivity contribution in [2.45, 2.75) is 19.3 Å². The lowest BCUT2D eigenvalue weighted by Gasteiger charge is -2.11. The molecule has 2 N–H and O–H groups in total. The van der Waals surface area contributed by atoms with Crippen LogP contribution in [0.3, 0.4) is 0 Å². The molecule has 1 heterocycles. The van der Waals surface area contributed by atoms with Crippen LogP contribution < -0.4 is 10.1 Å². The Morgan fingerprint density at radius 1 is 1.32 bits per heavy atom. The number of allylic oxidation sites excluding steroid dienone is 2. The normalized spacial score (nSPS) is 18.2. The Morgan fingerprint density at radius 3 is 2.84 bits per heavy atom. The molecule has 1 atom stereocenters. The van der Waals surface area contributed by atoms with E-state index in [0.717, 1.165) is 41.1 Å². The van der Waals surface area contributed by atoms with Gasteiger partial charge in [-0.25, -0.2) is 0 Å². The molecule has 1 fully saturated rings. The van der Waals surface area contributed by atoms with E-state index in [2.05, 4.69) is 23.5 Å². The number of ether oxygens (including phenoxy) is 1. The van der Waals surface area contributed by atoms with E-state index in [9.17, 15) is 0 Å². The maximum atomic E-state index is 9.03. The number of nitriles is 1. The van der Waals surface area contributed by atoms with E-state index in [1.54, 1.807) is 13.2 Å². The predicted octanol–water partition coefficient (Wildman–Crippen LogP) is 4.01. The summed E-state index contributed by atoms with van der Waals surface area (Å²) in [6.07, 6.45) is 2.27. The topological polar surface area (TPSA) is 68.9 Å². The lowest BCUT2D eigenvalue weighted by Crippen LogP contribution is -2.09. The first kappa shape index (κ1) is 16.8. The molecule has 126 valence electrons. The Hall–Kier alpha value is -3.06. The molecule has 3 rings (SSSR count). The highest BCUT2D eigenvalue weighted by molar-refractivity contribution is 6.10. The molecule has 1 aliphatic heterocycles. The molecule has 2 aromatic rings. The monoisotopic (exact) mass is 331 g/mol. The van der Waals surface area contributed by atoms with Crippen LogP contribution in [0.4, 0.5) is 0 Å². The van der Waals surface area contributed by atoms with Crippen LogP contribution in [-0.4, -0.2) is 19.9 Å². The molecule has 1 saturated heterocycles. The van der Waals surface area contributed by atoms with Crippen molar-refractivity contribution in [1.82, 2.24) is 5.32 Å². The second kappa shape index (κ2) is 7.23. The van der Waals surface area contributed by atoms with Gasteiger partial charge in [0.2, 0.25) is 0 Å². The van der Waals surface area contributed by atoms with Gasteiger partial charge in [-0.15, -0.1) is 0 Å². The molecule has 0 saturated carbocycles. The van der Waals surface area contributed by atoms with Gasteiger partial charge in [-0.05, 0) is 54.3 Å². The van der Waals surface area contributed by atoms with E-state index < -0.39 is 0 Å². The van der Waals surface area contributed by atoms with Gasteiger partial charge in [0.15, 0.2) is 0 Å². The third kappa shape index (κ3) is 3.41. The number of rotatable bonds is 4. The van der Waals surface area contributed by atoms with Crippen LogP contribution >= 0.6 is 0 Å². The van der Waals surface area contributed by atoms with Crippen molar-refractivity contribution in [2.75, 3.05) is 13.7 Å². The molecule has 0 aliphatic carbocycles. The van der Waals surface area contributed by atoms with Crippen LogP contribution in [0.1, 0.15) is 34.6 Å². The molecular weight excluding hydrogens is 310 g/mol. The second-order valence-corrected chi connectivity index (χ2v) is 6.24. The minimum atomic E-state index is 0.360. The molecule has 0 bridgehead atoms. The third-order valence-electron chi connectivity index (χ3n) is 4.69. The van der Waals surface area contributed by atoms with Crippen LogP contribution in [0.2, 0.25) is 0 Å². The van der Waals surface area contributed by atoms with Gasteiger partial charge in [-0.3, -0.25) is 0 Å². The maximum absolute atomic E-state index is 9.03. The van der Waals surface area contributed by atoms with Crippen LogP contribution in [-0.2, 0) is 0 Å². The zero-order valence-corrected chi connectivity index (χ0v) is 14.5. The summed E-state index contributed by atoms with van der Waals surface area (Å²) in [5.41, 5.74) is 5.87. The summed E-state index contributed by atoms with van der Waals surface area (Å²) in [4.78, 5) is 0. The van der Waals surface area contributed by atoms with Crippen molar-refractivity contribution in [3.05, 3.63) is 70.4 Å². The van der Waals surface area contributed by atoms with E-state index in [-0.39, 0.29) is 0 Å². The largest absolute Gasteiger partial charge is 0.497 e. The van der Waals surface area contributed by atoms with Gasteiger partial charge in [0.05, 0.1) is 18.7 Å². The smallest absolute Gasteiger partial charge is 0.119 e. The Bertz CT molecular complexity index is 877. The molecule has 4 nitrogen and oxygen atoms in total. The van der Waals surface area contributed by atoms with E-state index in [1.165, 1.54) is 11.8 Å². The molecule has 0 amide bonds. The highest BCUT2D eigenvalue weighted by Gasteiger charge is 2.24. The third-order valence-corrected chi connectivity index (χ3v) is 4.69. The SMILES string of the molecule is COc1cccc(C2CN/C(=C(\C=N)c3ccc(C#N)cc3C)C2)c1. The highest BCUT2D eigenvalue weighted by atomic mass is 16.5. The zero-order valence-electron chi connectivity index (χ0n) is 14.5. The fraction of sp³-hybridized carbons (Fsp3) is 0.238. The summed E-state index contributed by atoms with van der Waals surface area (Å²) >= 11 is 0. The Labute approximate surface area is 148 Å². The van der Waals surface area contributed by atoms with Crippen molar-refractivity contribution in [1.29, 1.82) is 10.7 Å². The molecule has 1 unspecified atom stereocenters. The number of benzene rings is 2. The summed E-state index contributed by atoms with van der Waals surface area (Å²) < 4.78 is 5.32. The number of aryl methyl sites for hydroxylation is 1. The Balaban J connectivity index is 1.92. The van der Waals surface area contributed by atoms with Crippen molar-refractivity contribution < 1.29 is 4.74 Å². The average Bonchev–Trinajstić information content (AvgIpc) is 3.13. The van der Waals surface area contributed by atoms with Gasteiger partial charge in [-0.2, -0.15) is 5.26 Å². The summed E-state index contributed by atoms with van der Waals surface area (Å²) in [6.45, 7) is 2.82.